The van der Waals surface area contributed by atoms with Crippen molar-refractivity contribution in [1.29, 1.82) is 0 Å². The van der Waals surface area contributed by atoms with E-state index in [-0.39, 0.29) is 5.97 Å². The van der Waals surface area contributed by atoms with E-state index in [9.17, 15) is 4.79 Å². The molecule has 2 aromatic heterocycles. The van der Waals surface area contributed by atoms with Crippen molar-refractivity contribution in [2.45, 2.75) is 19.9 Å². The van der Waals surface area contributed by atoms with Crippen LogP contribution in [0, 0.1) is 6.92 Å². The minimum atomic E-state index is -0.334. The fourth-order valence-electron chi connectivity index (χ4n) is 2.56. The van der Waals surface area contributed by atoms with Crippen LogP contribution in [0.4, 0.5) is 0 Å². The second-order valence-electron chi connectivity index (χ2n) is 5.43. The molecule has 5 heteroatoms. The summed E-state index contributed by atoms with van der Waals surface area (Å²) in [5.41, 5.74) is 3.02. The summed E-state index contributed by atoms with van der Waals surface area (Å²) in [6.45, 7) is 3.14. The molecule has 3 aromatic rings. The van der Waals surface area contributed by atoms with Crippen molar-refractivity contribution in [3.63, 3.8) is 0 Å². The highest BCUT2D eigenvalue weighted by molar-refractivity contribution is 5.86. The van der Waals surface area contributed by atoms with Gasteiger partial charge >= 0.3 is 5.97 Å². The SMILES string of the molecule is Cc1nc2ccccc2n1CCCOC(=O)C=Cc1ccncc1. The first-order valence-corrected chi connectivity index (χ1v) is 7.91. The average Bonchev–Trinajstić information content (AvgIpc) is 2.93. The molecule has 0 atom stereocenters. The van der Waals surface area contributed by atoms with Crippen molar-refractivity contribution in [2.24, 2.45) is 0 Å². The van der Waals surface area contributed by atoms with E-state index in [1.165, 1.54) is 6.08 Å². The molecule has 24 heavy (non-hydrogen) atoms. The number of esters is 1. The zero-order chi connectivity index (χ0) is 16.8. The van der Waals surface area contributed by atoms with Gasteiger partial charge in [0.25, 0.3) is 0 Å². The lowest BCUT2D eigenvalue weighted by atomic mass is 10.2. The fourth-order valence-corrected chi connectivity index (χ4v) is 2.56. The van der Waals surface area contributed by atoms with Gasteiger partial charge in [0.1, 0.15) is 5.82 Å². The number of carbonyl (C=O) groups is 1. The summed E-state index contributed by atoms with van der Waals surface area (Å²) in [6, 6.07) is 11.7. The molecule has 0 fully saturated rings. The van der Waals surface area contributed by atoms with Crippen molar-refractivity contribution in [3.05, 3.63) is 66.3 Å². The zero-order valence-electron chi connectivity index (χ0n) is 13.6. The van der Waals surface area contributed by atoms with Crippen molar-refractivity contribution in [3.8, 4) is 0 Å². The molecule has 1 aromatic carbocycles. The number of pyridine rings is 1. The Kier molecular flexibility index (Phi) is 5.01. The highest BCUT2D eigenvalue weighted by atomic mass is 16.5. The van der Waals surface area contributed by atoms with E-state index in [1.54, 1.807) is 18.5 Å². The van der Waals surface area contributed by atoms with Gasteiger partial charge in [0.05, 0.1) is 17.6 Å². The summed E-state index contributed by atoms with van der Waals surface area (Å²) >= 11 is 0. The molecule has 122 valence electrons. The quantitative estimate of drug-likeness (QED) is 0.397. The minimum absolute atomic E-state index is 0.334. The molecule has 3 rings (SSSR count). The lowest BCUT2D eigenvalue weighted by Gasteiger charge is -2.07. The number of rotatable bonds is 6. The molecule has 0 bridgehead atoms. The van der Waals surface area contributed by atoms with Gasteiger partial charge in [-0.25, -0.2) is 9.78 Å². The number of aromatic nitrogens is 3. The molecule has 0 amide bonds. The Morgan fingerprint density at radius 1 is 1.21 bits per heavy atom. The molecule has 0 aliphatic rings. The second-order valence-corrected chi connectivity index (χ2v) is 5.43. The fraction of sp³-hybridized carbons (Fsp3) is 0.211. The van der Waals surface area contributed by atoms with Gasteiger partial charge in [-0.3, -0.25) is 4.98 Å². The number of carbonyl (C=O) groups excluding carboxylic acids is 1. The smallest absolute Gasteiger partial charge is 0.330 e. The molecule has 0 saturated carbocycles. The normalized spacial score (nSPS) is 11.2. The summed E-state index contributed by atoms with van der Waals surface area (Å²) in [5, 5.41) is 0. The van der Waals surface area contributed by atoms with E-state index in [0.29, 0.717) is 6.61 Å². The number of ether oxygens (including phenoxy) is 1. The van der Waals surface area contributed by atoms with Crippen LogP contribution in [0.2, 0.25) is 0 Å². The molecule has 0 aliphatic carbocycles. The van der Waals surface area contributed by atoms with Gasteiger partial charge in [-0.1, -0.05) is 12.1 Å². The first-order chi connectivity index (χ1) is 11.7. The predicted molar refractivity (Wildman–Crippen MR) is 93.3 cm³/mol. The number of aryl methyl sites for hydroxylation is 2. The van der Waals surface area contributed by atoms with Crippen LogP contribution >= 0.6 is 0 Å². The van der Waals surface area contributed by atoms with Crippen LogP contribution in [0.5, 0.6) is 0 Å². The van der Waals surface area contributed by atoms with E-state index in [0.717, 1.165) is 35.4 Å². The maximum Gasteiger partial charge on any atom is 0.330 e. The number of benzene rings is 1. The first kappa shape index (κ1) is 15.9. The molecular weight excluding hydrogens is 302 g/mol. The number of para-hydroxylation sites is 2. The Balaban J connectivity index is 1.49. The van der Waals surface area contributed by atoms with Gasteiger partial charge in [0.15, 0.2) is 0 Å². The second kappa shape index (κ2) is 7.55. The third kappa shape index (κ3) is 3.87. The van der Waals surface area contributed by atoms with Crippen LogP contribution in [0.15, 0.2) is 54.9 Å². The topological polar surface area (TPSA) is 57.0 Å². The summed E-state index contributed by atoms with van der Waals surface area (Å²) in [4.78, 5) is 20.2. The van der Waals surface area contributed by atoms with Crippen LogP contribution in [0.25, 0.3) is 17.1 Å². The van der Waals surface area contributed by atoms with Gasteiger partial charge in [0.2, 0.25) is 0 Å². The van der Waals surface area contributed by atoms with Crippen LogP contribution in [0.3, 0.4) is 0 Å². The van der Waals surface area contributed by atoms with Crippen LogP contribution in [0.1, 0.15) is 17.8 Å². The summed E-state index contributed by atoms with van der Waals surface area (Å²) < 4.78 is 7.39. The maximum absolute atomic E-state index is 11.7. The van der Waals surface area contributed by atoms with Crippen LogP contribution < -0.4 is 0 Å². The van der Waals surface area contributed by atoms with Crippen molar-refractivity contribution >= 4 is 23.1 Å². The molecule has 2 heterocycles. The molecule has 5 nitrogen and oxygen atoms in total. The lowest BCUT2D eigenvalue weighted by Crippen LogP contribution is -2.07. The lowest BCUT2D eigenvalue weighted by molar-refractivity contribution is -0.137. The van der Waals surface area contributed by atoms with E-state index >= 15 is 0 Å². The Hall–Kier alpha value is -2.95. The molecule has 0 aliphatic heterocycles. The number of hydrogen-bond acceptors (Lipinski definition) is 4. The number of nitrogens with zero attached hydrogens (tertiary/aromatic N) is 3. The Bertz CT molecular complexity index is 853. The van der Waals surface area contributed by atoms with Crippen molar-refractivity contribution < 1.29 is 9.53 Å². The zero-order valence-corrected chi connectivity index (χ0v) is 13.6. The largest absolute Gasteiger partial charge is 0.462 e. The molecule has 0 unspecified atom stereocenters. The maximum atomic E-state index is 11.7. The van der Waals surface area contributed by atoms with Crippen molar-refractivity contribution in [1.82, 2.24) is 14.5 Å². The van der Waals surface area contributed by atoms with Gasteiger partial charge in [-0.2, -0.15) is 0 Å². The van der Waals surface area contributed by atoms with Gasteiger partial charge in [0, 0.05) is 25.0 Å². The summed E-state index contributed by atoms with van der Waals surface area (Å²) in [5.74, 6) is 0.638. The minimum Gasteiger partial charge on any atom is -0.462 e. The Morgan fingerprint density at radius 3 is 2.83 bits per heavy atom. The van der Waals surface area contributed by atoms with Gasteiger partial charge in [-0.05, 0) is 49.2 Å². The third-order valence-electron chi connectivity index (χ3n) is 3.73. The molecular formula is C19H19N3O2. The molecule has 0 N–H and O–H groups in total. The highest BCUT2D eigenvalue weighted by Gasteiger charge is 2.06. The Morgan fingerprint density at radius 2 is 2.00 bits per heavy atom. The van der Waals surface area contributed by atoms with Gasteiger partial charge < -0.3 is 9.30 Å². The van der Waals surface area contributed by atoms with E-state index in [4.69, 9.17) is 4.74 Å². The monoisotopic (exact) mass is 321 g/mol. The standard InChI is InChI=1S/C19H19N3O2/c1-15-21-17-5-2-3-6-18(17)22(15)13-4-14-24-19(23)8-7-16-9-11-20-12-10-16/h2-3,5-12H,4,13-14H2,1H3. The van der Waals surface area contributed by atoms with Crippen LogP contribution in [-0.4, -0.2) is 27.1 Å². The third-order valence-corrected chi connectivity index (χ3v) is 3.73. The summed E-state index contributed by atoms with van der Waals surface area (Å²) in [7, 11) is 0. The molecule has 0 radical (unpaired) electrons. The predicted octanol–water partition coefficient (Wildman–Crippen LogP) is 3.39. The summed E-state index contributed by atoms with van der Waals surface area (Å²) in [6.07, 6.45) is 7.27. The number of fused-ring (bicyclic) bond motifs is 1. The van der Waals surface area contributed by atoms with Crippen LogP contribution in [-0.2, 0) is 16.1 Å². The molecule has 0 saturated heterocycles. The first-order valence-electron chi connectivity index (χ1n) is 7.91. The highest BCUT2D eigenvalue weighted by Crippen LogP contribution is 2.15. The average molecular weight is 321 g/mol. The molecule has 0 spiro atoms. The van der Waals surface area contributed by atoms with E-state index in [1.807, 2.05) is 37.3 Å². The number of imidazole rings is 1. The number of hydrogen-bond donors (Lipinski definition) is 0. The Labute approximate surface area is 140 Å². The van der Waals surface area contributed by atoms with E-state index < -0.39 is 0 Å². The van der Waals surface area contributed by atoms with E-state index in [2.05, 4.69) is 20.6 Å². The van der Waals surface area contributed by atoms with Crippen molar-refractivity contribution in [2.75, 3.05) is 6.61 Å². The van der Waals surface area contributed by atoms with Gasteiger partial charge in [-0.15, -0.1) is 0 Å².